The standard InChI is InChI=1S/C21H27NO/c1-4-18(16-19-8-6-5-7-9-19)17-20-10-12-21(13-11-20)23-15-14-22(2)3/h5-13,17H,4,14-16H2,1-3H3/b18-17-. The fourth-order valence-electron chi connectivity index (χ4n) is 2.38. The van der Waals surface area contributed by atoms with E-state index in [-0.39, 0.29) is 0 Å². The predicted molar refractivity (Wildman–Crippen MR) is 98.9 cm³/mol. The van der Waals surface area contributed by atoms with Gasteiger partial charge in [0.15, 0.2) is 0 Å². The Kier molecular flexibility index (Phi) is 6.89. The normalized spacial score (nSPS) is 11.7. The van der Waals surface area contributed by atoms with Crippen molar-refractivity contribution in [1.29, 1.82) is 0 Å². The molecule has 0 fully saturated rings. The number of rotatable bonds is 8. The molecule has 0 unspecified atom stereocenters. The Bertz CT molecular complexity index is 599. The summed E-state index contributed by atoms with van der Waals surface area (Å²) in [4.78, 5) is 2.12. The molecule has 2 nitrogen and oxygen atoms in total. The Morgan fingerprint density at radius 2 is 1.70 bits per heavy atom. The molecule has 2 aromatic carbocycles. The lowest BCUT2D eigenvalue weighted by Gasteiger charge is -2.11. The van der Waals surface area contributed by atoms with Crippen LogP contribution in [0.25, 0.3) is 6.08 Å². The van der Waals surface area contributed by atoms with Crippen molar-refractivity contribution in [1.82, 2.24) is 4.90 Å². The van der Waals surface area contributed by atoms with Crippen molar-refractivity contribution in [3.8, 4) is 5.75 Å². The van der Waals surface area contributed by atoms with Crippen molar-refractivity contribution in [2.45, 2.75) is 19.8 Å². The third-order valence-corrected chi connectivity index (χ3v) is 3.79. The highest BCUT2D eigenvalue weighted by Gasteiger charge is 2.00. The summed E-state index contributed by atoms with van der Waals surface area (Å²) in [5, 5.41) is 0. The van der Waals surface area contributed by atoms with Crippen LogP contribution in [0.1, 0.15) is 24.5 Å². The maximum absolute atomic E-state index is 5.74. The summed E-state index contributed by atoms with van der Waals surface area (Å²) < 4.78 is 5.74. The molecule has 0 saturated carbocycles. The zero-order valence-electron chi connectivity index (χ0n) is 14.5. The number of likely N-dealkylation sites (N-methyl/N-ethyl adjacent to an activating group) is 1. The van der Waals surface area contributed by atoms with E-state index in [4.69, 9.17) is 4.74 Å². The molecular formula is C21H27NO. The molecule has 0 aromatic heterocycles. The summed E-state index contributed by atoms with van der Waals surface area (Å²) >= 11 is 0. The molecular weight excluding hydrogens is 282 g/mol. The van der Waals surface area contributed by atoms with Gasteiger partial charge in [-0.1, -0.05) is 61.0 Å². The molecule has 0 N–H and O–H groups in total. The van der Waals surface area contributed by atoms with E-state index in [0.717, 1.165) is 31.7 Å². The maximum atomic E-state index is 5.74. The van der Waals surface area contributed by atoms with Crippen LogP contribution in [-0.4, -0.2) is 32.1 Å². The molecule has 0 bridgehead atoms. The number of benzene rings is 2. The van der Waals surface area contributed by atoms with Crippen molar-refractivity contribution in [2.75, 3.05) is 27.2 Å². The van der Waals surface area contributed by atoms with Crippen LogP contribution in [0.4, 0.5) is 0 Å². The van der Waals surface area contributed by atoms with Crippen LogP contribution in [0.5, 0.6) is 5.75 Å². The minimum atomic E-state index is 0.719. The minimum Gasteiger partial charge on any atom is -0.492 e. The zero-order valence-corrected chi connectivity index (χ0v) is 14.5. The van der Waals surface area contributed by atoms with Crippen molar-refractivity contribution >= 4 is 6.08 Å². The molecule has 0 aliphatic rings. The van der Waals surface area contributed by atoms with Crippen LogP contribution in [0, 0.1) is 0 Å². The monoisotopic (exact) mass is 309 g/mol. The van der Waals surface area contributed by atoms with Gasteiger partial charge in [-0.3, -0.25) is 0 Å². The van der Waals surface area contributed by atoms with E-state index in [0.29, 0.717) is 0 Å². The van der Waals surface area contributed by atoms with Gasteiger partial charge >= 0.3 is 0 Å². The van der Waals surface area contributed by atoms with Crippen LogP contribution < -0.4 is 4.74 Å². The average Bonchev–Trinajstić information content (AvgIpc) is 2.56. The van der Waals surface area contributed by atoms with E-state index in [9.17, 15) is 0 Å². The fraction of sp³-hybridized carbons (Fsp3) is 0.333. The summed E-state index contributed by atoms with van der Waals surface area (Å²) in [6.45, 7) is 3.86. The highest BCUT2D eigenvalue weighted by molar-refractivity contribution is 5.54. The molecule has 0 heterocycles. The number of ether oxygens (including phenoxy) is 1. The molecule has 0 amide bonds. The summed E-state index contributed by atoms with van der Waals surface area (Å²) in [5.41, 5.74) is 4.04. The first-order chi connectivity index (χ1) is 11.2. The first kappa shape index (κ1) is 17.3. The predicted octanol–water partition coefficient (Wildman–Crippen LogP) is 4.66. The molecule has 2 aromatic rings. The van der Waals surface area contributed by atoms with Gasteiger partial charge in [-0.2, -0.15) is 0 Å². The summed E-state index contributed by atoms with van der Waals surface area (Å²) in [6, 6.07) is 19.0. The van der Waals surface area contributed by atoms with Gasteiger partial charge in [-0.05, 0) is 50.2 Å². The molecule has 122 valence electrons. The lowest BCUT2D eigenvalue weighted by atomic mass is 10.0. The van der Waals surface area contributed by atoms with E-state index < -0.39 is 0 Å². The topological polar surface area (TPSA) is 12.5 Å². The number of hydrogen-bond acceptors (Lipinski definition) is 2. The molecule has 2 heteroatoms. The highest BCUT2D eigenvalue weighted by atomic mass is 16.5. The number of allylic oxidation sites excluding steroid dienone is 1. The van der Waals surface area contributed by atoms with E-state index >= 15 is 0 Å². The maximum Gasteiger partial charge on any atom is 0.119 e. The summed E-state index contributed by atoms with van der Waals surface area (Å²) in [5.74, 6) is 0.935. The van der Waals surface area contributed by atoms with E-state index in [2.05, 4.69) is 86.6 Å². The Morgan fingerprint density at radius 1 is 1.00 bits per heavy atom. The smallest absolute Gasteiger partial charge is 0.119 e. The van der Waals surface area contributed by atoms with Crippen LogP contribution in [0.2, 0.25) is 0 Å². The average molecular weight is 309 g/mol. The summed E-state index contributed by atoms with van der Waals surface area (Å²) in [6.07, 6.45) is 4.37. The second-order valence-electron chi connectivity index (χ2n) is 6.04. The zero-order chi connectivity index (χ0) is 16.5. The molecule has 0 aliphatic heterocycles. The van der Waals surface area contributed by atoms with Crippen LogP contribution in [0.15, 0.2) is 60.2 Å². The largest absolute Gasteiger partial charge is 0.492 e. The molecule has 23 heavy (non-hydrogen) atoms. The van der Waals surface area contributed by atoms with Gasteiger partial charge in [0.1, 0.15) is 12.4 Å². The molecule has 2 rings (SSSR count). The molecule has 0 spiro atoms. The SMILES string of the molecule is CC/C(=C/c1ccc(OCCN(C)C)cc1)Cc1ccccc1. The Hall–Kier alpha value is -2.06. The van der Waals surface area contributed by atoms with E-state index in [1.807, 2.05) is 0 Å². The Morgan fingerprint density at radius 3 is 2.30 bits per heavy atom. The van der Waals surface area contributed by atoms with Crippen molar-refractivity contribution in [2.24, 2.45) is 0 Å². The van der Waals surface area contributed by atoms with Crippen LogP contribution >= 0.6 is 0 Å². The Labute approximate surface area is 140 Å². The lowest BCUT2D eigenvalue weighted by Crippen LogP contribution is -2.19. The van der Waals surface area contributed by atoms with E-state index in [1.54, 1.807) is 0 Å². The summed E-state index contributed by atoms with van der Waals surface area (Å²) in [7, 11) is 4.10. The van der Waals surface area contributed by atoms with Crippen LogP contribution in [0.3, 0.4) is 0 Å². The van der Waals surface area contributed by atoms with Gasteiger partial charge in [0.2, 0.25) is 0 Å². The van der Waals surface area contributed by atoms with E-state index in [1.165, 1.54) is 16.7 Å². The van der Waals surface area contributed by atoms with Crippen molar-refractivity contribution in [3.63, 3.8) is 0 Å². The lowest BCUT2D eigenvalue weighted by molar-refractivity contribution is 0.261. The first-order valence-corrected chi connectivity index (χ1v) is 8.28. The highest BCUT2D eigenvalue weighted by Crippen LogP contribution is 2.18. The van der Waals surface area contributed by atoms with Gasteiger partial charge in [0.25, 0.3) is 0 Å². The second kappa shape index (κ2) is 9.16. The minimum absolute atomic E-state index is 0.719. The third kappa shape index (κ3) is 6.29. The van der Waals surface area contributed by atoms with Gasteiger partial charge < -0.3 is 9.64 Å². The molecule has 0 aliphatic carbocycles. The van der Waals surface area contributed by atoms with Crippen LogP contribution in [-0.2, 0) is 6.42 Å². The van der Waals surface area contributed by atoms with Gasteiger partial charge in [-0.15, -0.1) is 0 Å². The van der Waals surface area contributed by atoms with Crippen molar-refractivity contribution in [3.05, 3.63) is 71.3 Å². The van der Waals surface area contributed by atoms with Gasteiger partial charge in [0, 0.05) is 6.54 Å². The number of hydrogen-bond donors (Lipinski definition) is 0. The second-order valence-corrected chi connectivity index (χ2v) is 6.04. The van der Waals surface area contributed by atoms with Crippen molar-refractivity contribution < 1.29 is 4.74 Å². The first-order valence-electron chi connectivity index (χ1n) is 8.28. The number of nitrogens with zero attached hydrogens (tertiary/aromatic N) is 1. The quantitative estimate of drug-likeness (QED) is 0.703. The Balaban J connectivity index is 1.97. The fourth-order valence-corrected chi connectivity index (χ4v) is 2.38. The van der Waals surface area contributed by atoms with Gasteiger partial charge in [0.05, 0.1) is 0 Å². The third-order valence-electron chi connectivity index (χ3n) is 3.79. The molecule has 0 atom stereocenters. The van der Waals surface area contributed by atoms with Gasteiger partial charge in [-0.25, -0.2) is 0 Å². The molecule has 0 saturated heterocycles. The molecule has 0 radical (unpaired) electrons.